The summed E-state index contributed by atoms with van der Waals surface area (Å²) in [6.07, 6.45) is 2.91. The third kappa shape index (κ3) is 4.63. The molecule has 0 spiro atoms. The fourth-order valence-corrected chi connectivity index (χ4v) is 12.7. The molecule has 4 nitrogen and oxygen atoms in total. The molecule has 10 aromatic carbocycles. The third-order valence-corrected chi connectivity index (χ3v) is 15.0. The normalized spacial score (nSPS) is 22.9. The Hall–Kier alpha value is -5.77. The van der Waals surface area contributed by atoms with Gasteiger partial charge in [-0.25, -0.2) is 4.57 Å². The predicted molar refractivity (Wildman–Crippen MR) is 237 cm³/mol. The van der Waals surface area contributed by atoms with E-state index in [1.54, 1.807) is 0 Å². The Kier molecular flexibility index (Phi) is 6.82. The van der Waals surface area contributed by atoms with Crippen LogP contribution in [0.25, 0.3) is 75.8 Å². The highest BCUT2D eigenvalue weighted by Gasteiger charge is 2.50. The number of benzene rings is 10. The zero-order chi connectivity index (χ0) is 38.4. The van der Waals surface area contributed by atoms with Crippen LogP contribution in [0.2, 0.25) is 0 Å². The molecular weight excluding hydrogens is 732 g/mol. The van der Waals surface area contributed by atoms with Crippen molar-refractivity contribution in [3.05, 3.63) is 173 Å². The molecule has 1 heterocycles. The molecule has 0 saturated heterocycles. The molecule has 5 heteroatoms. The number of phosphoric ester groups is 1. The van der Waals surface area contributed by atoms with Gasteiger partial charge in [0.25, 0.3) is 0 Å². The maximum Gasteiger partial charge on any atom is 0.527 e. The highest BCUT2D eigenvalue weighted by Crippen LogP contribution is 2.63. The first kappa shape index (κ1) is 33.2. The Morgan fingerprint density at radius 3 is 1.91 bits per heavy atom. The number of fused-ring (bicyclic) bond motifs is 7. The average Bonchev–Trinajstić information content (AvgIpc) is 3.37. The van der Waals surface area contributed by atoms with Crippen molar-refractivity contribution in [2.45, 2.75) is 50.5 Å². The van der Waals surface area contributed by atoms with Crippen LogP contribution in [0.5, 0.6) is 5.75 Å². The average molecular weight is 771 g/mol. The van der Waals surface area contributed by atoms with Gasteiger partial charge in [-0.05, 0) is 136 Å². The Morgan fingerprint density at radius 1 is 0.586 bits per heavy atom. The van der Waals surface area contributed by atoms with E-state index in [2.05, 4.69) is 146 Å². The summed E-state index contributed by atoms with van der Waals surface area (Å²) in [5.74, 6) is 0.475. The Labute approximate surface area is 335 Å². The van der Waals surface area contributed by atoms with Crippen LogP contribution in [0.15, 0.2) is 140 Å². The summed E-state index contributed by atoms with van der Waals surface area (Å²) >= 11 is 0. The minimum atomic E-state index is -4.65. The zero-order valence-electron chi connectivity index (χ0n) is 32.0. The van der Waals surface area contributed by atoms with E-state index < -0.39 is 13.9 Å². The lowest BCUT2D eigenvalue weighted by Gasteiger charge is -2.40. The second-order valence-electron chi connectivity index (χ2n) is 17.2. The highest BCUT2D eigenvalue weighted by molar-refractivity contribution is 7.47. The molecule has 280 valence electrons. The van der Waals surface area contributed by atoms with Gasteiger partial charge in [-0.15, -0.1) is 0 Å². The van der Waals surface area contributed by atoms with Crippen molar-refractivity contribution in [3.8, 4) is 16.9 Å². The lowest BCUT2D eigenvalue weighted by molar-refractivity contribution is 0.107. The van der Waals surface area contributed by atoms with Gasteiger partial charge < -0.3 is 4.52 Å². The SMILES string of the molecule is CC1CCc2c(cc(-c3ccc4ccc5cccc6ccc3c4c56)c3c2[C@H]2c4ccccc4CC(c4ccc5ccc6cccc7ccc4c5c67)C2OP(=O)(O)O3)C1. The van der Waals surface area contributed by atoms with E-state index in [1.165, 1.54) is 75.9 Å². The molecular formula is C53H39O4P. The van der Waals surface area contributed by atoms with E-state index in [0.29, 0.717) is 18.1 Å². The number of hydrogen-bond donors (Lipinski definition) is 1. The van der Waals surface area contributed by atoms with Gasteiger partial charge >= 0.3 is 7.82 Å². The molecule has 5 atom stereocenters. The van der Waals surface area contributed by atoms with Crippen molar-refractivity contribution in [2.75, 3.05) is 0 Å². The molecule has 2 aliphatic carbocycles. The second kappa shape index (κ2) is 11.9. The van der Waals surface area contributed by atoms with Gasteiger partial charge in [0.2, 0.25) is 0 Å². The van der Waals surface area contributed by atoms with Crippen LogP contribution in [0.1, 0.15) is 58.6 Å². The highest BCUT2D eigenvalue weighted by atomic mass is 31.2. The molecule has 4 unspecified atom stereocenters. The molecule has 1 aliphatic heterocycles. The molecule has 0 aromatic heterocycles. The number of rotatable bonds is 2. The number of hydrogen-bond acceptors (Lipinski definition) is 3. The van der Waals surface area contributed by atoms with Gasteiger partial charge in [0.05, 0.1) is 6.10 Å². The molecule has 0 bridgehead atoms. The van der Waals surface area contributed by atoms with Crippen LogP contribution >= 0.6 is 7.82 Å². The largest absolute Gasteiger partial charge is 0.527 e. The van der Waals surface area contributed by atoms with Crippen LogP contribution in [-0.2, 0) is 28.4 Å². The van der Waals surface area contributed by atoms with Crippen LogP contribution in [0, 0.1) is 5.92 Å². The monoisotopic (exact) mass is 770 g/mol. The van der Waals surface area contributed by atoms with Crippen LogP contribution < -0.4 is 4.52 Å². The summed E-state index contributed by atoms with van der Waals surface area (Å²) in [6.45, 7) is 2.34. The summed E-state index contributed by atoms with van der Waals surface area (Å²) in [6, 6.07) is 50.6. The van der Waals surface area contributed by atoms with E-state index in [0.717, 1.165) is 52.5 Å². The first-order valence-electron chi connectivity index (χ1n) is 20.7. The second-order valence-corrected chi connectivity index (χ2v) is 18.6. The lowest BCUT2D eigenvalue weighted by atomic mass is 9.66. The summed E-state index contributed by atoms with van der Waals surface area (Å²) < 4.78 is 28.0. The molecule has 0 amide bonds. The fourth-order valence-electron chi connectivity index (χ4n) is 11.6. The third-order valence-electron chi connectivity index (χ3n) is 14.1. The Morgan fingerprint density at radius 2 is 1.19 bits per heavy atom. The van der Waals surface area contributed by atoms with Gasteiger partial charge in [0.1, 0.15) is 5.75 Å². The molecule has 3 aliphatic rings. The van der Waals surface area contributed by atoms with Crippen molar-refractivity contribution >= 4 is 72.5 Å². The minimum absolute atomic E-state index is 0.212. The van der Waals surface area contributed by atoms with E-state index in [4.69, 9.17) is 9.05 Å². The predicted octanol–water partition coefficient (Wildman–Crippen LogP) is 13.6. The van der Waals surface area contributed by atoms with Crippen molar-refractivity contribution in [1.82, 2.24) is 0 Å². The molecule has 13 rings (SSSR count). The van der Waals surface area contributed by atoms with Gasteiger partial charge in [-0.2, -0.15) is 0 Å². The first-order valence-corrected chi connectivity index (χ1v) is 22.2. The topological polar surface area (TPSA) is 55.8 Å². The van der Waals surface area contributed by atoms with Crippen molar-refractivity contribution in [2.24, 2.45) is 5.92 Å². The van der Waals surface area contributed by atoms with Gasteiger partial charge in [0, 0.05) is 23.0 Å². The molecule has 58 heavy (non-hydrogen) atoms. The summed E-state index contributed by atoms with van der Waals surface area (Å²) in [5.41, 5.74) is 8.99. The van der Waals surface area contributed by atoms with E-state index in [-0.39, 0.29) is 11.8 Å². The molecule has 0 radical (unpaired) electrons. The number of phosphoric acid groups is 1. The zero-order valence-corrected chi connectivity index (χ0v) is 32.9. The van der Waals surface area contributed by atoms with E-state index >= 15 is 0 Å². The molecule has 0 fully saturated rings. The van der Waals surface area contributed by atoms with Crippen LogP contribution in [0.3, 0.4) is 0 Å². The standard InChI is InChI=1S/C53H39O4P/c1-29-12-21-39-37(26-29)28-45(41-23-18-35-16-14-31-8-5-10-33-20-25-43(41)49(35)47(31)33)53-51(39)50-38-11-3-2-6-36(38)27-44(52(50)56-58(54,55)57-53)40-22-17-34-15-13-30-7-4-9-32-19-24-42(40)48(34)46(30)32/h2-11,13-20,22-25,28-29,44,50,52H,12,21,26-27H2,1H3,(H,54,55)/t29?,44?,50-,52?/m1/s1. The maximum atomic E-state index is 14.7. The van der Waals surface area contributed by atoms with Crippen molar-refractivity contribution in [1.29, 1.82) is 0 Å². The quantitative estimate of drug-likeness (QED) is 0.140. The minimum Gasteiger partial charge on any atom is -0.403 e. The van der Waals surface area contributed by atoms with Crippen LogP contribution in [-0.4, -0.2) is 11.0 Å². The van der Waals surface area contributed by atoms with Crippen molar-refractivity contribution < 1.29 is 18.5 Å². The Balaban J connectivity index is 1.10. The first-order chi connectivity index (χ1) is 28.4. The van der Waals surface area contributed by atoms with Gasteiger partial charge in [-0.3, -0.25) is 9.42 Å². The lowest BCUT2D eigenvalue weighted by Crippen LogP contribution is -2.35. The maximum absolute atomic E-state index is 14.7. The molecule has 1 N–H and O–H groups in total. The molecule has 10 aromatic rings. The van der Waals surface area contributed by atoms with Gasteiger partial charge in [-0.1, -0.05) is 140 Å². The summed E-state index contributed by atoms with van der Waals surface area (Å²) in [7, 11) is -4.65. The fraction of sp³-hybridized carbons (Fsp3) is 0.170. The van der Waals surface area contributed by atoms with Crippen molar-refractivity contribution in [3.63, 3.8) is 0 Å². The van der Waals surface area contributed by atoms with Gasteiger partial charge in [0.15, 0.2) is 0 Å². The smallest absolute Gasteiger partial charge is 0.403 e. The summed E-state index contributed by atoms with van der Waals surface area (Å²) in [5, 5.41) is 14.4. The molecule has 0 saturated carbocycles. The Bertz CT molecular complexity index is 3370. The van der Waals surface area contributed by atoms with E-state index in [9.17, 15) is 9.46 Å². The van der Waals surface area contributed by atoms with E-state index in [1.807, 2.05) is 0 Å². The summed E-state index contributed by atoms with van der Waals surface area (Å²) in [4.78, 5) is 12.1. The van der Waals surface area contributed by atoms with Crippen LogP contribution in [0.4, 0.5) is 0 Å².